The Bertz CT molecular complexity index is 555. The van der Waals surface area contributed by atoms with Crippen LogP contribution in [0.4, 0.5) is 5.69 Å². The lowest BCUT2D eigenvalue weighted by Gasteiger charge is -2.24. The molecule has 1 aromatic rings. The van der Waals surface area contributed by atoms with Crippen molar-refractivity contribution in [3.05, 3.63) is 23.8 Å². The van der Waals surface area contributed by atoms with E-state index in [1.807, 2.05) is 39.0 Å². The van der Waals surface area contributed by atoms with Gasteiger partial charge in [-0.1, -0.05) is 13.8 Å². The number of carbonyl (C=O) groups excluding carboxylic acids is 2. The Hall–Kier alpha value is -1.49. The summed E-state index contributed by atoms with van der Waals surface area (Å²) >= 11 is 1.46. The van der Waals surface area contributed by atoms with E-state index in [1.165, 1.54) is 16.7 Å². The van der Waals surface area contributed by atoms with Crippen molar-refractivity contribution in [1.82, 2.24) is 4.90 Å². The molecule has 21 heavy (non-hydrogen) atoms. The number of nitrogens with two attached hydrogens (primary N) is 1. The molecule has 1 aliphatic rings. The van der Waals surface area contributed by atoms with E-state index < -0.39 is 0 Å². The molecule has 1 saturated heterocycles. The van der Waals surface area contributed by atoms with E-state index in [-0.39, 0.29) is 23.1 Å². The van der Waals surface area contributed by atoms with Gasteiger partial charge >= 0.3 is 0 Å². The highest BCUT2D eigenvalue weighted by Crippen LogP contribution is 2.34. The zero-order chi connectivity index (χ0) is 15.6. The number of likely N-dealkylation sites (tertiary alicyclic amines) is 1. The van der Waals surface area contributed by atoms with Gasteiger partial charge in [-0.25, -0.2) is 0 Å². The fourth-order valence-electron chi connectivity index (χ4n) is 2.64. The summed E-state index contributed by atoms with van der Waals surface area (Å²) in [7, 11) is 0. The molecule has 2 amide bonds. The molecule has 0 radical (unpaired) electrons. The van der Waals surface area contributed by atoms with Crippen LogP contribution in [0.25, 0.3) is 0 Å². The smallest absolute Gasteiger partial charge is 0.243 e. The maximum Gasteiger partial charge on any atom is 0.243 e. The quantitative estimate of drug-likeness (QED) is 0.671. The highest BCUT2D eigenvalue weighted by Gasteiger charge is 2.41. The standard InChI is InChI=1S/C16H22N2O2S/c1-4-11(5-2)18-15(19)9-14(16(18)20)21-12-6-7-13(17)10(3)8-12/h6-8,11,14H,4-5,9,17H2,1-3H3. The number of rotatable bonds is 5. The molecule has 0 saturated carbocycles. The molecule has 0 bridgehead atoms. The number of hydrogen-bond acceptors (Lipinski definition) is 4. The number of nitrogens with zero attached hydrogens (tertiary/aromatic N) is 1. The molecular weight excluding hydrogens is 284 g/mol. The number of thioether (sulfide) groups is 1. The molecule has 0 spiro atoms. The molecule has 1 fully saturated rings. The van der Waals surface area contributed by atoms with Crippen LogP contribution in [0.3, 0.4) is 0 Å². The Morgan fingerprint density at radius 3 is 2.57 bits per heavy atom. The van der Waals surface area contributed by atoms with Gasteiger partial charge in [0, 0.05) is 23.0 Å². The van der Waals surface area contributed by atoms with Crippen molar-refractivity contribution < 1.29 is 9.59 Å². The molecule has 1 aliphatic heterocycles. The van der Waals surface area contributed by atoms with Crippen molar-refractivity contribution in [3.8, 4) is 0 Å². The third kappa shape index (κ3) is 3.23. The first-order valence-electron chi connectivity index (χ1n) is 7.36. The molecular formula is C16H22N2O2S. The first-order valence-corrected chi connectivity index (χ1v) is 8.24. The van der Waals surface area contributed by atoms with Crippen LogP contribution in [0.1, 0.15) is 38.7 Å². The number of nitrogen functional groups attached to an aromatic ring is 1. The average Bonchev–Trinajstić information content (AvgIpc) is 2.72. The van der Waals surface area contributed by atoms with Gasteiger partial charge in [-0.3, -0.25) is 14.5 Å². The zero-order valence-corrected chi connectivity index (χ0v) is 13.6. The van der Waals surface area contributed by atoms with Gasteiger partial charge in [-0.2, -0.15) is 0 Å². The maximum atomic E-state index is 12.5. The summed E-state index contributed by atoms with van der Waals surface area (Å²) in [5.41, 5.74) is 7.54. The summed E-state index contributed by atoms with van der Waals surface area (Å²) in [5, 5.41) is -0.305. The molecule has 1 unspecified atom stereocenters. The molecule has 114 valence electrons. The van der Waals surface area contributed by atoms with Gasteiger partial charge in [0.2, 0.25) is 11.8 Å². The topological polar surface area (TPSA) is 63.4 Å². The minimum Gasteiger partial charge on any atom is -0.399 e. The summed E-state index contributed by atoms with van der Waals surface area (Å²) in [6.45, 7) is 5.97. The predicted octanol–water partition coefficient (Wildman–Crippen LogP) is 2.99. The number of hydrogen-bond donors (Lipinski definition) is 1. The molecule has 0 aliphatic carbocycles. The van der Waals surface area contributed by atoms with Crippen molar-refractivity contribution in [2.75, 3.05) is 5.73 Å². The highest BCUT2D eigenvalue weighted by molar-refractivity contribution is 8.00. The van der Waals surface area contributed by atoms with Crippen LogP contribution in [-0.4, -0.2) is 28.0 Å². The zero-order valence-electron chi connectivity index (χ0n) is 12.8. The van der Waals surface area contributed by atoms with Gasteiger partial charge in [0.15, 0.2) is 0 Å². The number of carbonyl (C=O) groups is 2. The fourth-order valence-corrected chi connectivity index (χ4v) is 3.80. The van der Waals surface area contributed by atoms with Gasteiger partial charge in [0.25, 0.3) is 0 Å². The second-order valence-electron chi connectivity index (χ2n) is 5.40. The molecule has 0 aromatic heterocycles. The van der Waals surface area contributed by atoms with Crippen LogP contribution in [-0.2, 0) is 9.59 Å². The van der Waals surface area contributed by atoms with E-state index in [9.17, 15) is 9.59 Å². The molecule has 1 atom stereocenters. The van der Waals surface area contributed by atoms with E-state index in [4.69, 9.17) is 5.73 Å². The van der Waals surface area contributed by atoms with Crippen molar-refractivity contribution in [3.63, 3.8) is 0 Å². The van der Waals surface area contributed by atoms with Crippen molar-refractivity contribution >= 4 is 29.3 Å². The molecule has 4 nitrogen and oxygen atoms in total. The lowest BCUT2D eigenvalue weighted by atomic mass is 10.1. The second kappa shape index (κ2) is 6.52. The predicted molar refractivity (Wildman–Crippen MR) is 86.1 cm³/mol. The summed E-state index contributed by atoms with van der Waals surface area (Å²) in [4.78, 5) is 27.1. The van der Waals surface area contributed by atoms with Crippen molar-refractivity contribution in [2.45, 2.75) is 56.2 Å². The van der Waals surface area contributed by atoms with Gasteiger partial charge < -0.3 is 5.73 Å². The highest BCUT2D eigenvalue weighted by atomic mass is 32.2. The molecule has 5 heteroatoms. The van der Waals surface area contributed by atoms with Crippen LogP contribution < -0.4 is 5.73 Å². The van der Waals surface area contributed by atoms with Gasteiger partial charge in [0.05, 0.1) is 5.25 Å². The second-order valence-corrected chi connectivity index (χ2v) is 6.68. The van der Waals surface area contributed by atoms with E-state index in [0.29, 0.717) is 6.42 Å². The van der Waals surface area contributed by atoms with Crippen LogP contribution in [0, 0.1) is 6.92 Å². The third-order valence-corrected chi connectivity index (χ3v) is 5.15. The number of imide groups is 1. The van der Waals surface area contributed by atoms with E-state index in [0.717, 1.165) is 29.0 Å². The number of benzene rings is 1. The lowest BCUT2D eigenvalue weighted by Crippen LogP contribution is -2.40. The van der Waals surface area contributed by atoms with Crippen LogP contribution >= 0.6 is 11.8 Å². The first kappa shape index (κ1) is 15.9. The first-order chi connectivity index (χ1) is 9.97. The largest absolute Gasteiger partial charge is 0.399 e. The van der Waals surface area contributed by atoms with Crippen LogP contribution in [0.2, 0.25) is 0 Å². The number of aryl methyl sites for hydroxylation is 1. The summed E-state index contributed by atoms with van der Waals surface area (Å²) in [6.07, 6.45) is 1.92. The normalized spacial score (nSPS) is 18.9. The molecule has 1 heterocycles. The summed E-state index contributed by atoms with van der Waals surface area (Å²) < 4.78 is 0. The summed E-state index contributed by atoms with van der Waals surface area (Å²) in [5.74, 6) is -0.0912. The van der Waals surface area contributed by atoms with Gasteiger partial charge in [-0.15, -0.1) is 11.8 Å². The monoisotopic (exact) mass is 306 g/mol. The van der Waals surface area contributed by atoms with Crippen LogP contribution in [0.5, 0.6) is 0 Å². The Morgan fingerprint density at radius 1 is 1.33 bits per heavy atom. The summed E-state index contributed by atoms with van der Waals surface area (Å²) in [6, 6.07) is 5.75. The Labute approximate surface area is 130 Å². The Morgan fingerprint density at radius 2 is 2.00 bits per heavy atom. The third-order valence-electron chi connectivity index (χ3n) is 3.97. The lowest BCUT2D eigenvalue weighted by molar-refractivity contribution is -0.141. The van der Waals surface area contributed by atoms with E-state index in [2.05, 4.69) is 0 Å². The minimum absolute atomic E-state index is 0.0313. The fraction of sp³-hybridized carbons (Fsp3) is 0.500. The van der Waals surface area contributed by atoms with Crippen molar-refractivity contribution in [1.29, 1.82) is 0 Å². The Balaban J connectivity index is 2.13. The maximum absolute atomic E-state index is 12.5. The van der Waals surface area contributed by atoms with Crippen LogP contribution in [0.15, 0.2) is 23.1 Å². The molecule has 1 aromatic carbocycles. The van der Waals surface area contributed by atoms with E-state index >= 15 is 0 Å². The van der Waals surface area contributed by atoms with Gasteiger partial charge in [-0.05, 0) is 43.5 Å². The minimum atomic E-state index is -0.305. The van der Waals surface area contributed by atoms with E-state index in [1.54, 1.807) is 0 Å². The number of amides is 2. The SMILES string of the molecule is CCC(CC)N1C(=O)CC(Sc2ccc(N)c(C)c2)C1=O. The van der Waals surface area contributed by atoms with Crippen molar-refractivity contribution in [2.24, 2.45) is 0 Å². The number of anilines is 1. The van der Waals surface area contributed by atoms with Gasteiger partial charge in [0.1, 0.15) is 0 Å². The molecule has 2 N–H and O–H groups in total. The molecule has 2 rings (SSSR count). The average molecular weight is 306 g/mol. The Kier molecular flexibility index (Phi) is 4.93.